The smallest absolute Gasteiger partial charge is 0.0146 e. The van der Waals surface area contributed by atoms with Crippen molar-refractivity contribution in [3.05, 3.63) is 12.2 Å². The second-order valence-corrected chi connectivity index (χ2v) is 5.92. The minimum absolute atomic E-state index is 0.996. The molecule has 0 aliphatic heterocycles. The molecule has 2 fully saturated rings. The van der Waals surface area contributed by atoms with Gasteiger partial charge in [-0.2, -0.15) is 0 Å². The van der Waals surface area contributed by atoms with Crippen LogP contribution in [0, 0.1) is 23.7 Å². The fourth-order valence-corrected chi connectivity index (χ4v) is 4.89. The maximum absolute atomic E-state index is 2.67. The first-order valence-corrected chi connectivity index (χ1v) is 5.91. The summed E-state index contributed by atoms with van der Waals surface area (Å²) >= 11 is 2.67. The summed E-state index contributed by atoms with van der Waals surface area (Å²) in [4.78, 5) is 0. The third-order valence-corrected chi connectivity index (χ3v) is 5.36. The zero-order valence-electron chi connectivity index (χ0n) is 6.54. The van der Waals surface area contributed by atoms with Crippen LogP contribution in [0.25, 0.3) is 0 Å². The highest BCUT2D eigenvalue weighted by Crippen LogP contribution is 2.58. The molecular formula is C10H13I. The number of hydrogen-bond acceptors (Lipinski definition) is 0. The molecule has 3 aliphatic carbocycles. The van der Waals surface area contributed by atoms with Crippen LogP contribution < -0.4 is 0 Å². The SMILES string of the molecule is I[C@@H]1C[C@H]2C[C@H]1[C@H]1C=CC[C@H]21. The summed E-state index contributed by atoms with van der Waals surface area (Å²) in [5, 5.41) is 0. The molecule has 0 heterocycles. The Bertz CT molecular complexity index is 209. The van der Waals surface area contributed by atoms with Crippen molar-refractivity contribution in [2.24, 2.45) is 23.7 Å². The van der Waals surface area contributed by atoms with E-state index in [1.165, 1.54) is 12.8 Å². The zero-order valence-corrected chi connectivity index (χ0v) is 8.70. The lowest BCUT2D eigenvalue weighted by Crippen LogP contribution is -2.23. The van der Waals surface area contributed by atoms with E-state index in [2.05, 4.69) is 34.7 Å². The molecule has 1 heteroatoms. The van der Waals surface area contributed by atoms with Crippen LogP contribution in [0.5, 0.6) is 0 Å². The lowest BCUT2D eigenvalue weighted by molar-refractivity contribution is 0.297. The molecule has 3 aliphatic rings. The number of allylic oxidation sites excluding steroid dienone is 2. The minimum atomic E-state index is 0.996. The highest BCUT2D eigenvalue weighted by Gasteiger charge is 2.51. The largest absolute Gasteiger partial charge is 0.0879 e. The topological polar surface area (TPSA) is 0 Å². The van der Waals surface area contributed by atoms with Crippen LogP contribution in [0.4, 0.5) is 0 Å². The van der Waals surface area contributed by atoms with E-state index in [1.54, 1.807) is 6.42 Å². The molecule has 2 saturated carbocycles. The Hall–Kier alpha value is 0.470. The molecule has 0 saturated heterocycles. The highest BCUT2D eigenvalue weighted by molar-refractivity contribution is 14.1. The quantitative estimate of drug-likeness (QED) is 0.357. The van der Waals surface area contributed by atoms with Crippen LogP contribution in [0.1, 0.15) is 19.3 Å². The fourth-order valence-electron chi connectivity index (χ4n) is 3.46. The first-order valence-electron chi connectivity index (χ1n) is 4.67. The minimum Gasteiger partial charge on any atom is -0.0879 e. The molecule has 0 spiro atoms. The van der Waals surface area contributed by atoms with Crippen molar-refractivity contribution in [2.75, 3.05) is 0 Å². The van der Waals surface area contributed by atoms with Gasteiger partial charge in [0, 0.05) is 3.92 Å². The summed E-state index contributed by atoms with van der Waals surface area (Å²) in [5.74, 6) is 4.23. The van der Waals surface area contributed by atoms with Gasteiger partial charge in [-0.3, -0.25) is 0 Å². The lowest BCUT2D eigenvalue weighted by Gasteiger charge is -2.27. The third kappa shape index (κ3) is 0.809. The van der Waals surface area contributed by atoms with E-state index in [0.29, 0.717) is 0 Å². The summed E-state index contributed by atoms with van der Waals surface area (Å²) in [6.07, 6.45) is 9.39. The number of rotatable bonds is 0. The van der Waals surface area contributed by atoms with Crippen LogP contribution >= 0.6 is 22.6 Å². The van der Waals surface area contributed by atoms with E-state index in [1.807, 2.05) is 0 Å². The maximum atomic E-state index is 2.67. The molecule has 0 aromatic carbocycles. The van der Waals surface area contributed by atoms with Crippen LogP contribution in [-0.4, -0.2) is 3.92 Å². The second kappa shape index (κ2) is 2.24. The van der Waals surface area contributed by atoms with Crippen LogP contribution in [0.2, 0.25) is 0 Å². The molecule has 0 amide bonds. The summed E-state index contributed by atoms with van der Waals surface area (Å²) in [6.45, 7) is 0. The van der Waals surface area contributed by atoms with E-state index in [4.69, 9.17) is 0 Å². The van der Waals surface area contributed by atoms with Crippen LogP contribution in [0.3, 0.4) is 0 Å². The highest BCUT2D eigenvalue weighted by atomic mass is 127. The van der Waals surface area contributed by atoms with Crippen molar-refractivity contribution in [3.8, 4) is 0 Å². The van der Waals surface area contributed by atoms with Gasteiger partial charge >= 0.3 is 0 Å². The Kier molecular flexibility index (Phi) is 1.41. The van der Waals surface area contributed by atoms with E-state index in [9.17, 15) is 0 Å². The average Bonchev–Trinajstić information content (AvgIpc) is 2.52. The fraction of sp³-hybridized carbons (Fsp3) is 0.800. The Morgan fingerprint density at radius 2 is 2.09 bits per heavy atom. The van der Waals surface area contributed by atoms with E-state index >= 15 is 0 Å². The molecule has 0 nitrogen and oxygen atoms in total. The van der Waals surface area contributed by atoms with Gasteiger partial charge in [0.15, 0.2) is 0 Å². The van der Waals surface area contributed by atoms with Gasteiger partial charge < -0.3 is 0 Å². The molecule has 2 bridgehead atoms. The molecule has 11 heavy (non-hydrogen) atoms. The zero-order chi connectivity index (χ0) is 7.42. The Morgan fingerprint density at radius 3 is 3.00 bits per heavy atom. The van der Waals surface area contributed by atoms with Crippen LogP contribution in [-0.2, 0) is 0 Å². The molecule has 0 radical (unpaired) electrons. The van der Waals surface area contributed by atoms with Crippen molar-refractivity contribution in [2.45, 2.75) is 23.2 Å². The molecule has 3 rings (SSSR count). The predicted octanol–water partition coefficient (Wildman–Crippen LogP) is 3.02. The summed E-state index contributed by atoms with van der Waals surface area (Å²) in [5.41, 5.74) is 0. The van der Waals surface area contributed by atoms with Crippen molar-refractivity contribution in [1.29, 1.82) is 0 Å². The second-order valence-electron chi connectivity index (χ2n) is 4.32. The average molecular weight is 260 g/mol. The van der Waals surface area contributed by atoms with Crippen molar-refractivity contribution in [3.63, 3.8) is 0 Å². The van der Waals surface area contributed by atoms with Gasteiger partial charge in [-0.1, -0.05) is 34.7 Å². The van der Waals surface area contributed by atoms with E-state index < -0.39 is 0 Å². The summed E-state index contributed by atoms with van der Waals surface area (Å²) < 4.78 is 1.00. The van der Waals surface area contributed by atoms with Crippen LogP contribution in [0.15, 0.2) is 12.2 Å². The number of alkyl halides is 1. The summed E-state index contributed by atoms with van der Waals surface area (Å²) in [6, 6.07) is 0. The predicted molar refractivity (Wildman–Crippen MR) is 54.8 cm³/mol. The maximum Gasteiger partial charge on any atom is 0.0146 e. The van der Waals surface area contributed by atoms with Crippen molar-refractivity contribution >= 4 is 22.6 Å². The number of hydrogen-bond donors (Lipinski definition) is 0. The van der Waals surface area contributed by atoms with Gasteiger partial charge in [-0.25, -0.2) is 0 Å². The molecule has 60 valence electrons. The van der Waals surface area contributed by atoms with Gasteiger partial charge in [0.1, 0.15) is 0 Å². The Labute approximate surface area is 81.6 Å². The van der Waals surface area contributed by atoms with Gasteiger partial charge in [0.25, 0.3) is 0 Å². The molecule has 0 aromatic heterocycles. The van der Waals surface area contributed by atoms with E-state index in [0.717, 1.165) is 27.6 Å². The molecule has 0 unspecified atom stereocenters. The lowest BCUT2D eigenvalue weighted by atomic mass is 9.81. The monoisotopic (exact) mass is 260 g/mol. The van der Waals surface area contributed by atoms with E-state index in [-0.39, 0.29) is 0 Å². The van der Waals surface area contributed by atoms with Gasteiger partial charge in [-0.05, 0) is 42.9 Å². The van der Waals surface area contributed by atoms with Gasteiger partial charge in [-0.15, -0.1) is 0 Å². The third-order valence-electron chi connectivity index (χ3n) is 3.93. The number of halogens is 1. The molecule has 0 N–H and O–H groups in total. The summed E-state index contributed by atoms with van der Waals surface area (Å²) in [7, 11) is 0. The van der Waals surface area contributed by atoms with Crippen molar-refractivity contribution < 1.29 is 0 Å². The first kappa shape index (κ1) is 6.93. The number of fused-ring (bicyclic) bond motifs is 5. The Morgan fingerprint density at radius 1 is 1.18 bits per heavy atom. The molecule has 0 aromatic rings. The van der Waals surface area contributed by atoms with Crippen molar-refractivity contribution in [1.82, 2.24) is 0 Å². The van der Waals surface area contributed by atoms with Gasteiger partial charge in [0.05, 0.1) is 0 Å². The Balaban J connectivity index is 1.94. The normalized spacial score (nSPS) is 58.8. The van der Waals surface area contributed by atoms with Gasteiger partial charge in [0.2, 0.25) is 0 Å². The molecular weight excluding hydrogens is 247 g/mol. The standard InChI is InChI=1S/C10H13I/c11-10-5-6-4-9(10)8-3-1-2-7(6)8/h1,3,6-10H,2,4-5H2/t6-,7-,8+,9+,10-/m1/s1. The first-order chi connectivity index (χ1) is 5.36. The molecule has 5 atom stereocenters.